The van der Waals surface area contributed by atoms with E-state index in [1.165, 1.54) is 0 Å². The molecule has 4 nitrogen and oxygen atoms in total. The van der Waals surface area contributed by atoms with Gasteiger partial charge in [0, 0.05) is 5.02 Å². The summed E-state index contributed by atoms with van der Waals surface area (Å²) in [6, 6.07) is 5.50. The topological polar surface area (TPSA) is 69.6 Å². The monoisotopic (exact) mass is 311 g/mol. The average Bonchev–Trinajstić information content (AvgIpc) is 2.35. The highest BCUT2D eigenvalue weighted by Crippen LogP contribution is 2.19. The van der Waals surface area contributed by atoms with Crippen LogP contribution in [0, 0.1) is 0 Å². The highest BCUT2D eigenvalue weighted by molar-refractivity contribution is 6.53. The van der Waals surface area contributed by atoms with Crippen LogP contribution >= 0.6 is 34.8 Å². The van der Waals surface area contributed by atoms with Crippen LogP contribution < -0.4 is 5.32 Å². The summed E-state index contributed by atoms with van der Waals surface area (Å²) in [5, 5.41) is 22.0. The molecule has 0 spiro atoms. The van der Waals surface area contributed by atoms with Crippen molar-refractivity contribution in [3.05, 3.63) is 34.9 Å². The van der Waals surface area contributed by atoms with E-state index in [0.717, 1.165) is 0 Å². The van der Waals surface area contributed by atoms with Crippen LogP contribution in [0.2, 0.25) is 5.02 Å². The number of carbonyl (C=O) groups excluding carboxylic acids is 1. The summed E-state index contributed by atoms with van der Waals surface area (Å²) >= 11 is 16.5. The number of carbonyl (C=O) groups is 1. The summed E-state index contributed by atoms with van der Waals surface area (Å²) in [5.41, 5.74) is 0.513. The average molecular weight is 313 g/mol. The molecule has 7 heteroatoms. The summed E-state index contributed by atoms with van der Waals surface area (Å²) < 4.78 is 0. The molecule has 0 saturated carbocycles. The van der Waals surface area contributed by atoms with Crippen LogP contribution in [0.5, 0.6) is 0 Å². The maximum Gasteiger partial charge on any atom is 0.253 e. The second-order valence-electron chi connectivity index (χ2n) is 3.59. The maximum absolute atomic E-state index is 11.3. The Kier molecular flexibility index (Phi) is 6.18. The first kappa shape index (κ1) is 15.5. The lowest BCUT2D eigenvalue weighted by atomic mass is 10.0. The van der Waals surface area contributed by atoms with Crippen molar-refractivity contribution >= 4 is 40.7 Å². The summed E-state index contributed by atoms with van der Waals surface area (Å²) in [6.45, 7) is -0.448. The summed E-state index contributed by atoms with van der Waals surface area (Å²) in [4.78, 5) is 10.0. The minimum atomic E-state index is -1.25. The van der Waals surface area contributed by atoms with E-state index in [2.05, 4.69) is 5.32 Å². The van der Waals surface area contributed by atoms with Gasteiger partial charge >= 0.3 is 0 Å². The molecule has 1 rings (SSSR count). The van der Waals surface area contributed by atoms with Crippen molar-refractivity contribution in [3.8, 4) is 0 Å². The lowest BCUT2D eigenvalue weighted by molar-refractivity contribution is -0.121. The summed E-state index contributed by atoms with van der Waals surface area (Å²) in [5.74, 6) is -0.676. The van der Waals surface area contributed by atoms with Crippen LogP contribution in [0.15, 0.2) is 24.3 Å². The van der Waals surface area contributed by atoms with E-state index in [1.54, 1.807) is 24.3 Å². The molecular formula is C11H12Cl3NO3. The van der Waals surface area contributed by atoms with Crippen LogP contribution in [-0.2, 0) is 4.79 Å². The van der Waals surface area contributed by atoms with E-state index in [4.69, 9.17) is 39.9 Å². The van der Waals surface area contributed by atoms with Gasteiger partial charge < -0.3 is 15.5 Å². The molecule has 3 N–H and O–H groups in total. The summed E-state index contributed by atoms with van der Waals surface area (Å²) in [7, 11) is 0. The Morgan fingerprint density at radius 1 is 1.28 bits per heavy atom. The zero-order valence-electron chi connectivity index (χ0n) is 9.19. The number of nitrogens with one attached hydrogen (secondary N) is 1. The molecule has 0 aliphatic heterocycles. The molecule has 0 aliphatic carbocycles. The van der Waals surface area contributed by atoms with Crippen molar-refractivity contribution in [2.45, 2.75) is 17.0 Å². The third-order valence-corrected chi connectivity index (χ3v) is 2.96. The maximum atomic E-state index is 11.3. The third-order valence-electron chi connectivity index (χ3n) is 2.32. The van der Waals surface area contributed by atoms with Crippen LogP contribution in [-0.4, -0.2) is 33.6 Å². The van der Waals surface area contributed by atoms with Crippen molar-refractivity contribution in [2.24, 2.45) is 0 Å². The number of aliphatic hydroxyl groups excluding tert-OH is 2. The first-order valence-electron chi connectivity index (χ1n) is 5.08. The standard InChI is InChI=1S/C11H12Cl3NO3/c12-7-3-1-6(2-4-7)9(17)8(5-16)15-11(18)10(13)14/h1-4,8-10,16-17H,5H2,(H,15,18). The van der Waals surface area contributed by atoms with Gasteiger partial charge in [-0.2, -0.15) is 0 Å². The molecular weight excluding hydrogens is 300 g/mol. The van der Waals surface area contributed by atoms with Gasteiger partial charge in [0.2, 0.25) is 0 Å². The number of rotatable bonds is 5. The van der Waals surface area contributed by atoms with Gasteiger partial charge in [-0.1, -0.05) is 46.9 Å². The number of halogens is 3. The highest BCUT2D eigenvalue weighted by atomic mass is 35.5. The quantitative estimate of drug-likeness (QED) is 0.724. The van der Waals surface area contributed by atoms with E-state index >= 15 is 0 Å². The fourth-order valence-electron chi connectivity index (χ4n) is 1.36. The third kappa shape index (κ3) is 4.30. The number of aliphatic hydroxyl groups is 2. The minimum Gasteiger partial charge on any atom is -0.394 e. The van der Waals surface area contributed by atoms with E-state index in [0.29, 0.717) is 10.6 Å². The van der Waals surface area contributed by atoms with Crippen molar-refractivity contribution in [3.63, 3.8) is 0 Å². The number of amides is 1. The van der Waals surface area contributed by atoms with Crippen LogP contribution in [0.25, 0.3) is 0 Å². The molecule has 1 amide bonds. The lowest BCUT2D eigenvalue weighted by Gasteiger charge is -2.22. The molecule has 1 aromatic carbocycles. The second kappa shape index (κ2) is 7.16. The van der Waals surface area contributed by atoms with E-state index < -0.39 is 29.5 Å². The molecule has 0 fully saturated rings. The first-order chi connectivity index (χ1) is 8.45. The fraction of sp³-hybridized carbons (Fsp3) is 0.364. The van der Waals surface area contributed by atoms with Gasteiger partial charge in [-0.15, -0.1) is 0 Å². The Labute approximate surface area is 119 Å². The molecule has 18 heavy (non-hydrogen) atoms. The van der Waals surface area contributed by atoms with Gasteiger partial charge in [0.25, 0.3) is 5.91 Å². The van der Waals surface area contributed by atoms with Gasteiger partial charge in [0.15, 0.2) is 4.84 Å². The second-order valence-corrected chi connectivity index (χ2v) is 5.13. The Morgan fingerprint density at radius 3 is 2.28 bits per heavy atom. The predicted octanol–water partition coefficient (Wildman–Crippen LogP) is 1.65. The Hall–Kier alpha value is -0.520. The number of hydrogen-bond acceptors (Lipinski definition) is 3. The van der Waals surface area contributed by atoms with E-state index in [9.17, 15) is 9.90 Å². The van der Waals surface area contributed by atoms with Gasteiger partial charge in [-0.3, -0.25) is 4.79 Å². The van der Waals surface area contributed by atoms with Crippen molar-refractivity contribution in [1.82, 2.24) is 5.32 Å². The molecule has 0 aromatic heterocycles. The number of alkyl halides is 2. The van der Waals surface area contributed by atoms with Gasteiger partial charge in [-0.25, -0.2) is 0 Å². The molecule has 1 aromatic rings. The Morgan fingerprint density at radius 2 is 1.83 bits per heavy atom. The van der Waals surface area contributed by atoms with Crippen LogP contribution in [0.1, 0.15) is 11.7 Å². The zero-order chi connectivity index (χ0) is 13.7. The lowest BCUT2D eigenvalue weighted by Crippen LogP contribution is -2.44. The molecule has 0 heterocycles. The first-order valence-corrected chi connectivity index (χ1v) is 6.33. The highest BCUT2D eigenvalue weighted by Gasteiger charge is 2.24. The van der Waals surface area contributed by atoms with Crippen LogP contribution in [0.3, 0.4) is 0 Å². The van der Waals surface area contributed by atoms with Crippen molar-refractivity contribution in [1.29, 1.82) is 0 Å². The number of hydrogen-bond donors (Lipinski definition) is 3. The molecule has 0 aliphatic rings. The minimum absolute atomic E-state index is 0.448. The van der Waals surface area contributed by atoms with Gasteiger partial charge in [0.1, 0.15) is 6.10 Å². The molecule has 2 unspecified atom stereocenters. The molecule has 0 radical (unpaired) electrons. The molecule has 100 valence electrons. The SMILES string of the molecule is O=C(NC(CO)C(O)c1ccc(Cl)cc1)C(Cl)Cl. The van der Waals surface area contributed by atoms with Crippen molar-refractivity contribution in [2.75, 3.05) is 6.61 Å². The van der Waals surface area contributed by atoms with E-state index in [1.807, 2.05) is 0 Å². The zero-order valence-corrected chi connectivity index (χ0v) is 11.5. The largest absolute Gasteiger partial charge is 0.394 e. The molecule has 2 atom stereocenters. The number of benzene rings is 1. The fourth-order valence-corrected chi connectivity index (χ4v) is 1.61. The molecule has 0 bridgehead atoms. The van der Waals surface area contributed by atoms with Crippen LogP contribution in [0.4, 0.5) is 0 Å². The normalized spacial score (nSPS) is 14.3. The van der Waals surface area contributed by atoms with Gasteiger partial charge in [0.05, 0.1) is 12.6 Å². The Bertz CT molecular complexity index is 397. The van der Waals surface area contributed by atoms with E-state index in [-0.39, 0.29) is 0 Å². The summed E-state index contributed by atoms with van der Waals surface area (Å²) in [6.07, 6.45) is -1.08. The van der Waals surface area contributed by atoms with Gasteiger partial charge in [-0.05, 0) is 17.7 Å². The molecule has 0 saturated heterocycles. The van der Waals surface area contributed by atoms with Crippen molar-refractivity contribution < 1.29 is 15.0 Å². The smallest absolute Gasteiger partial charge is 0.253 e. The Balaban J connectivity index is 2.75. The predicted molar refractivity (Wildman–Crippen MR) is 70.9 cm³/mol.